The summed E-state index contributed by atoms with van der Waals surface area (Å²) < 4.78 is 39.0. The number of hydrogen-bond donors (Lipinski definition) is 0. The Bertz CT molecular complexity index is 387. The van der Waals surface area contributed by atoms with Gasteiger partial charge in [0.2, 0.25) is 0 Å². The van der Waals surface area contributed by atoms with Gasteiger partial charge in [-0.3, -0.25) is 0 Å². The average molecular weight is 273 g/mol. The number of nitrogens with zero attached hydrogens (tertiary/aromatic N) is 2. The van der Waals surface area contributed by atoms with Crippen molar-refractivity contribution < 1.29 is 17.3 Å². The summed E-state index contributed by atoms with van der Waals surface area (Å²) >= 11 is 0. The smallest absolute Gasteiger partial charge is 0.418 e. The van der Waals surface area contributed by atoms with Crippen molar-refractivity contribution >= 4 is 7.25 Å². The molecule has 0 amide bonds. The fourth-order valence-electron chi connectivity index (χ4n) is 1.39. The van der Waals surface area contributed by atoms with E-state index in [1.165, 1.54) is 11.1 Å². The Morgan fingerprint density at radius 2 is 0.895 bits per heavy atom. The maximum Gasteiger partial charge on any atom is 0.673 e. The Labute approximate surface area is 109 Å². The second-order valence-electron chi connectivity index (χ2n) is 4.00. The van der Waals surface area contributed by atoms with Gasteiger partial charge in [-0.1, -0.05) is 0 Å². The summed E-state index contributed by atoms with van der Waals surface area (Å²) in [5.74, 6) is 0. The summed E-state index contributed by atoms with van der Waals surface area (Å²) in [4.78, 5) is 4.07. The van der Waals surface area contributed by atoms with Crippen LogP contribution in [0.1, 0.15) is 0 Å². The van der Waals surface area contributed by atoms with Crippen LogP contribution in [0.25, 0.3) is 0 Å². The maximum absolute atomic E-state index is 9.75. The highest BCUT2D eigenvalue weighted by Crippen LogP contribution is 2.18. The third-order valence-corrected chi connectivity index (χ3v) is 2.29. The first-order chi connectivity index (χ1) is 8.75. The highest BCUT2D eigenvalue weighted by Gasteiger charge is 2.20. The molecule has 0 radical (unpaired) electrons. The molecule has 0 aromatic rings. The van der Waals surface area contributed by atoms with Crippen LogP contribution in [0.5, 0.6) is 0 Å². The molecule has 0 aromatic heterocycles. The van der Waals surface area contributed by atoms with Crippen LogP contribution < -0.4 is 0 Å². The van der Waals surface area contributed by atoms with Gasteiger partial charge in [-0.05, 0) is 35.5 Å². The summed E-state index contributed by atoms with van der Waals surface area (Å²) in [6.07, 6.45) is 16.7. The number of halogens is 4. The molecule has 0 bridgehead atoms. The van der Waals surface area contributed by atoms with Crippen LogP contribution in [-0.2, 0) is 0 Å². The van der Waals surface area contributed by atoms with Crippen LogP contribution >= 0.6 is 0 Å². The van der Waals surface area contributed by atoms with Crippen molar-refractivity contribution in [3.63, 3.8) is 0 Å². The van der Waals surface area contributed by atoms with Crippen molar-refractivity contribution in [3.8, 4) is 0 Å². The van der Waals surface area contributed by atoms with Crippen molar-refractivity contribution in [2.45, 2.75) is 0 Å². The Morgan fingerprint density at radius 1 is 0.684 bits per heavy atom. The third kappa shape index (κ3) is 6.54. The second-order valence-corrected chi connectivity index (χ2v) is 4.00. The van der Waals surface area contributed by atoms with E-state index in [9.17, 15) is 17.3 Å². The van der Waals surface area contributed by atoms with E-state index in [1.807, 2.05) is 23.9 Å². The van der Waals surface area contributed by atoms with E-state index in [-0.39, 0.29) is 0 Å². The lowest BCUT2D eigenvalue weighted by atomic mass is 10.1. The quantitative estimate of drug-likeness (QED) is 0.492. The van der Waals surface area contributed by atoms with Gasteiger partial charge in [0.15, 0.2) is 0 Å². The normalized spacial score (nSPS) is 17.8. The zero-order valence-corrected chi connectivity index (χ0v) is 10.6. The van der Waals surface area contributed by atoms with Gasteiger partial charge in [-0.2, -0.15) is 0 Å². The molecule has 2 heterocycles. The van der Waals surface area contributed by atoms with E-state index in [0.29, 0.717) is 0 Å². The van der Waals surface area contributed by atoms with Crippen LogP contribution in [-0.4, -0.2) is 31.1 Å². The predicted octanol–water partition coefficient (Wildman–Crippen LogP) is 3.53. The molecule has 0 fully saturated rings. The Balaban J connectivity index is 0.000000312. The fraction of sp³-hybridized carbons (Fsp3) is 0.167. The molecule has 0 N–H and O–H groups in total. The molecule has 2 nitrogen and oxygen atoms in total. The standard InChI is InChI=1S/C12H14N2.BF4/c1-13-7-3-11(4-8-13)12-5-9-14(2)10-6-12;2-1(3,4)5/h3-10H,1-2H3;/q;-1. The molecule has 0 unspecified atom stereocenters. The highest BCUT2D eigenvalue weighted by molar-refractivity contribution is 6.50. The summed E-state index contributed by atoms with van der Waals surface area (Å²) in [6, 6.07) is 0. The third-order valence-electron chi connectivity index (χ3n) is 2.29. The van der Waals surface area contributed by atoms with Crippen molar-refractivity contribution in [3.05, 3.63) is 60.3 Å². The van der Waals surface area contributed by atoms with Gasteiger partial charge in [-0.25, -0.2) is 0 Å². The summed E-state index contributed by atoms with van der Waals surface area (Å²) in [6.45, 7) is 0. The minimum absolute atomic E-state index is 1.25. The maximum atomic E-state index is 9.75. The van der Waals surface area contributed by atoms with E-state index in [2.05, 4.69) is 49.1 Å². The lowest BCUT2D eigenvalue weighted by molar-refractivity contribution is 0.368. The van der Waals surface area contributed by atoms with E-state index in [0.717, 1.165) is 0 Å². The van der Waals surface area contributed by atoms with Crippen LogP contribution in [0.15, 0.2) is 60.3 Å². The van der Waals surface area contributed by atoms with Gasteiger partial charge in [-0.15, -0.1) is 0 Å². The van der Waals surface area contributed by atoms with Crippen LogP contribution in [0, 0.1) is 0 Å². The average Bonchev–Trinajstić information content (AvgIpc) is 2.29. The molecule has 0 aromatic carbocycles. The zero-order valence-electron chi connectivity index (χ0n) is 10.6. The van der Waals surface area contributed by atoms with Crippen LogP contribution in [0.4, 0.5) is 17.3 Å². The fourth-order valence-corrected chi connectivity index (χ4v) is 1.39. The van der Waals surface area contributed by atoms with Crippen molar-refractivity contribution in [1.29, 1.82) is 0 Å². The topological polar surface area (TPSA) is 6.48 Å². The Morgan fingerprint density at radius 3 is 1.11 bits per heavy atom. The number of allylic oxidation sites excluding steroid dienone is 6. The van der Waals surface area contributed by atoms with Gasteiger partial charge in [0.05, 0.1) is 0 Å². The lowest BCUT2D eigenvalue weighted by Crippen LogP contribution is -2.06. The SMILES string of the molecule is CN1C=CC(=C2C=CN(C)C=C2)C=C1.F[B-](F)(F)F. The summed E-state index contributed by atoms with van der Waals surface area (Å²) in [5.41, 5.74) is 2.51. The van der Waals surface area contributed by atoms with Crippen molar-refractivity contribution in [1.82, 2.24) is 9.80 Å². The van der Waals surface area contributed by atoms with Gasteiger partial charge in [0.1, 0.15) is 0 Å². The van der Waals surface area contributed by atoms with Crippen LogP contribution in [0.3, 0.4) is 0 Å². The molecule has 0 saturated heterocycles. The van der Waals surface area contributed by atoms with E-state index < -0.39 is 7.25 Å². The van der Waals surface area contributed by atoms with E-state index in [4.69, 9.17) is 0 Å². The van der Waals surface area contributed by atoms with Gasteiger partial charge >= 0.3 is 7.25 Å². The molecule has 7 heteroatoms. The van der Waals surface area contributed by atoms with Crippen molar-refractivity contribution in [2.75, 3.05) is 14.1 Å². The van der Waals surface area contributed by atoms with Crippen molar-refractivity contribution in [2.24, 2.45) is 0 Å². The van der Waals surface area contributed by atoms with Crippen LogP contribution in [0.2, 0.25) is 0 Å². The molecule has 0 aliphatic carbocycles. The zero-order chi connectivity index (χ0) is 14.5. The summed E-state index contributed by atoms with van der Waals surface area (Å²) in [5, 5.41) is 0. The predicted molar refractivity (Wildman–Crippen MR) is 69.3 cm³/mol. The minimum Gasteiger partial charge on any atom is -0.418 e. The van der Waals surface area contributed by atoms with Gasteiger partial charge in [0.25, 0.3) is 0 Å². The molecule has 2 aliphatic rings. The highest BCUT2D eigenvalue weighted by atomic mass is 19.5. The number of hydrogen-bond acceptors (Lipinski definition) is 2. The minimum atomic E-state index is -6.00. The molecule has 2 rings (SSSR count). The molecule has 0 spiro atoms. The Kier molecular flexibility index (Phi) is 5.03. The molecule has 0 atom stereocenters. The van der Waals surface area contributed by atoms with Gasteiger partial charge in [0, 0.05) is 38.9 Å². The molecule has 19 heavy (non-hydrogen) atoms. The molecular formula is C12H14BF4N2-. The number of rotatable bonds is 0. The van der Waals surface area contributed by atoms with Gasteiger partial charge < -0.3 is 27.1 Å². The first kappa shape index (κ1) is 15.1. The molecule has 104 valence electrons. The monoisotopic (exact) mass is 273 g/mol. The molecule has 2 aliphatic heterocycles. The summed E-state index contributed by atoms with van der Waals surface area (Å²) in [7, 11) is -1.95. The first-order valence-electron chi connectivity index (χ1n) is 5.54. The lowest BCUT2D eigenvalue weighted by Gasteiger charge is -2.16. The van der Waals surface area contributed by atoms with E-state index in [1.54, 1.807) is 0 Å². The second kappa shape index (κ2) is 6.31. The largest absolute Gasteiger partial charge is 0.673 e. The molecule has 0 saturated carbocycles. The Hall–Kier alpha value is -1.92. The first-order valence-corrected chi connectivity index (χ1v) is 5.54. The van der Waals surface area contributed by atoms with E-state index >= 15 is 0 Å². The molecular weight excluding hydrogens is 259 g/mol.